The highest BCUT2D eigenvalue weighted by Gasteiger charge is 2.30. The van der Waals surface area contributed by atoms with Gasteiger partial charge < -0.3 is 24.8 Å². The van der Waals surface area contributed by atoms with Crippen LogP contribution in [0.3, 0.4) is 0 Å². The Morgan fingerprint density at radius 3 is 2.72 bits per heavy atom. The lowest BCUT2D eigenvalue weighted by Gasteiger charge is -2.37. The molecule has 2 amide bonds. The number of aliphatic hydroxyl groups is 1. The van der Waals surface area contributed by atoms with Crippen molar-refractivity contribution in [2.45, 2.75) is 58.2 Å². The molecule has 140 valence electrons. The number of nitrogens with one attached hydrogen (secondary N) is 1. The molecule has 25 heavy (non-hydrogen) atoms. The van der Waals surface area contributed by atoms with Crippen LogP contribution >= 0.6 is 0 Å². The van der Waals surface area contributed by atoms with Crippen molar-refractivity contribution in [3.05, 3.63) is 23.8 Å². The second-order valence-corrected chi connectivity index (χ2v) is 6.25. The second-order valence-electron chi connectivity index (χ2n) is 6.25. The van der Waals surface area contributed by atoms with Gasteiger partial charge in [0.25, 0.3) is 0 Å². The van der Waals surface area contributed by atoms with Gasteiger partial charge in [-0.25, -0.2) is 4.79 Å². The number of methoxy groups -OCH3 is 1. The summed E-state index contributed by atoms with van der Waals surface area (Å²) in [6.07, 6.45) is 3.26. The van der Waals surface area contributed by atoms with Gasteiger partial charge in [-0.05, 0) is 32.8 Å². The fraction of sp³-hybridized carbons (Fsp3) is 0.632. The van der Waals surface area contributed by atoms with Gasteiger partial charge in [0.15, 0.2) is 11.5 Å². The summed E-state index contributed by atoms with van der Waals surface area (Å²) in [4.78, 5) is 14.4. The van der Waals surface area contributed by atoms with Gasteiger partial charge >= 0.3 is 6.03 Å². The van der Waals surface area contributed by atoms with E-state index in [2.05, 4.69) is 5.32 Å². The van der Waals surface area contributed by atoms with Crippen LogP contribution in [0.25, 0.3) is 0 Å². The first kappa shape index (κ1) is 19.4. The van der Waals surface area contributed by atoms with E-state index in [1.807, 2.05) is 32.0 Å². The molecule has 1 aliphatic carbocycles. The van der Waals surface area contributed by atoms with Crippen LogP contribution in [0, 0.1) is 0 Å². The summed E-state index contributed by atoms with van der Waals surface area (Å²) in [7, 11) is 1.60. The first-order chi connectivity index (χ1) is 12.1. The molecule has 1 aromatic carbocycles. The minimum atomic E-state index is -0.435. The maximum absolute atomic E-state index is 12.6. The molecule has 1 fully saturated rings. The number of amides is 2. The van der Waals surface area contributed by atoms with Crippen LogP contribution in [0.5, 0.6) is 11.5 Å². The predicted molar refractivity (Wildman–Crippen MR) is 97.0 cm³/mol. The highest BCUT2D eigenvalue weighted by Crippen LogP contribution is 2.31. The van der Waals surface area contributed by atoms with Gasteiger partial charge in [-0.3, -0.25) is 0 Å². The van der Waals surface area contributed by atoms with E-state index in [-0.39, 0.29) is 12.1 Å². The van der Waals surface area contributed by atoms with Gasteiger partial charge in [0.1, 0.15) is 0 Å². The monoisotopic (exact) mass is 350 g/mol. The fourth-order valence-corrected chi connectivity index (χ4v) is 3.43. The summed E-state index contributed by atoms with van der Waals surface area (Å²) in [6, 6.07) is 5.38. The van der Waals surface area contributed by atoms with Crippen LogP contribution in [0.15, 0.2) is 18.2 Å². The van der Waals surface area contributed by atoms with Crippen molar-refractivity contribution >= 4 is 6.03 Å². The first-order valence-electron chi connectivity index (χ1n) is 9.13. The van der Waals surface area contributed by atoms with E-state index in [0.717, 1.165) is 31.2 Å². The number of rotatable bonds is 7. The summed E-state index contributed by atoms with van der Waals surface area (Å²) < 4.78 is 11.0. The molecule has 0 aromatic heterocycles. The number of urea groups is 1. The second kappa shape index (κ2) is 9.51. The minimum absolute atomic E-state index is 0.101. The van der Waals surface area contributed by atoms with Crippen LogP contribution < -0.4 is 14.8 Å². The van der Waals surface area contributed by atoms with Crippen LogP contribution in [0.2, 0.25) is 0 Å². The standard InChI is InChI=1S/C19H30N2O4/c1-4-21(15-10-6-7-11-16(15)22)19(23)20-13-14-9-8-12-17(24-3)18(14)25-5-2/h8-9,12,15-16,22H,4-7,10-11,13H2,1-3H3,(H,20,23)/t15-,16-/m1/s1. The molecule has 2 N–H and O–H groups in total. The lowest BCUT2D eigenvalue weighted by atomic mass is 9.91. The van der Waals surface area contributed by atoms with E-state index in [1.54, 1.807) is 12.0 Å². The van der Waals surface area contributed by atoms with Gasteiger partial charge in [0, 0.05) is 18.7 Å². The van der Waals surface area contributed by atoms with E-state index < -0.39 is 6.10 Å². The molecular weight excluding hydrogens is 320 g/mol. The van der Waals surface area contributed by atoms with Crippen LogP contribution in [0.1, 0.15) is 45.1 Å². The molecule has 6 nitrogen and oxygen atoms in total. The molecule has 0 heterocycles. The Bertz CT molecular complexity index is 564. The Balaban J connectivity index is 2.05. The molecule has 0 saturated heterocycles. The van der Waals surface area contributed by atoms with E-state index in [4.69, 9.17) is 9.47 Å². The lowest BCUT2D eigenvalue weighted by Crippen LogP contribution is -2.51. The van der Waals surface area contributed by atoms with Gasteiger partial charge in [-0.1, -0.05) is 25.0 Å². The number of carbonyl (C=O) groups is 1. The van der Waals surface area contributed by atoms with Gasteiger partial charge in [-0.2, -0.15) is 0 Å². The summed E-state index contributed by atoms with van der Waals surface area (Å²) >= 11 is 0. The van der Waals surface area contributed by atoms with Crippen molar-refractivity contribution in [3.63, 3.8) is 0 Å². The third-order valence-corrected chi connectivity index (χ3v) is 4.69. The Morgan fingerprint density at radius 2 is 2.08 bits per heavy atom. The number of benzene rings is 1. The number of hydrogen-bond acceptors (Lipinski definition) is 4. The van der Waals surface area contributed by atoms with E-state index in [9.17, 15) is 9.90 Å². The molecule has 1 aliphatic rings. The molecule has 1 aromatic rings. The lowest BCUT2D eigenvalue weighted by molar-refractivity contribution is 0.0385. The fourth-order valence-electron chi connectivity index (χ4n) is 3.43. The van der Waals surface area contributed by atoms with Crippen molar-refractivity contribution in [2.24, 2.45) is 0 Å². The van der Waals surface area contributed by atoms with Crippen molar-refractivity contribution in [3.8, 4) is 11.5 Å². The summed E-state index contributed by atoms with van der Waals surface area (Å²) in [5.74, 6) is 1.32. The highest BCUT2D eigenvalue weighted by molar-refractivity contribution is 5.74. The molecular formula is C19H30N2O4. The zero-order valence-corrected chi connectivity index (χ0v) is 15.5. The molecule has 0 spiro atoms. The van der Waals surface area contributed by atoms with Crippen LogP contribution in [0.4, 0.5) is 4.79 Å². The summed E-state index contributed by atoms with van der Waals surface area (Å²) in [5.41, 5.74) is 0.870. The number of hydrogen-bond donors (Lipinski definition) is 2. The SMILES string of the molecule is CCOc1c(CNC(=O)N(CC)[C@@H]2CCCC[C@H]2O)cccc1OC. The van der Waals surface area contributed by atoms with Crippen molar-refractivity contribution < 1.29 is 19.4 Å². The van der Waals surface area contributed by atoms with Crippen molar-refractivity contribution in [1.29, 1.82) is 0 Å². The molecule has 2 atom stereocenters. The molecule has 0 bridgehead atoms. The van der Waals surface area contributed by atoms with E-state index in [1.165, 1.54) is 0 Å². The van der Waals surface area contributed by atoms with Crippen molar-refractivity contribution in [2.75, 3.05) is 20.3 Å². The van der Waals surface area contributed by atoms with Gasteiger partial charge in [0.05, 0.1) is 25.9 Å². The largest absolute Gasteiger partial charge is 0.493 e. The third-order valence-electron chi connectivity index (χ3n) is 4.69. The van der Waals surface area contributed by atoms with E-state index >= 15 is 0 Å². The first-order valence-corrected chi connectivity index (χ1v) is 9.13. The quantitative estimate of drug-likeness (QED) is 0.793. The zero-order valence-electron chi connectivity index (χ0n) is 15.5. The molecule has 6 heteroatoms. The predicted octanol–water partition coefficient (Wildman–Crippen LogP) is 2.93. The van der Waals surface area contributed by atoms with Gasteiger partial charge in [-0.15, -0.1) is 0 Å². The number of aliphatic hydroxyl groups excluding tert-OH is 1. The highest BCUT2D eigenvalue weighted by atomic mass is 16.5. The average molecular weight is 350 g/mol. The minimum Gasteiger partial charge on any atom is -0.493 e. The van der Waals surface area contributed by atoms with Gasteiger partial charge in [0.2, 0.25) is 0 Å². The third kappa shape index (κ3) is 4.78. The smallest absolute Gasteiger partial charge is 0.317 e. The Morgan fingerprint density at radius 1 is 1.32 bits per heavy atom. The molecule has 0 unspecified atom stereocenters. The maximum Gasteiger partial charge on any atom is 0.317 e. The molecule has 1 saturated carbocycles. The number of ether oxygens (including phenoxy) is 2. The Hall–Kier alpha value is -1.95. The molecule has 0 radical (unpaired) electrons. The van der Waals surface area contributed by atoms with Crippen molar-refractivity contribution in [1.82, 2.24) is 10.2 Å². The van der Waals surface area contributed by atoms with E-state index in [0.29, 0.717) is 31.2 Å². The molecule has 2 rings (SSSR count). The summed E-state index contributed by atoms with van der Waals surface area (Å²) in [6.45, 7) is 5.31. The Labute approximate surface area is 150 Å². The number of nitrogens with zero attached hydrogens (tertiary/aromatic N) is 1. The molecule has 0 aliphatic heterocycles. The topological polar surface area (TPSA) is 71.0 Å². The number of likely N-dealkylation sites (N-methyl/N-ethyl adjacent to an activating group) is 1. The zero-order chi connectivity index (χ0) is 18.2. The van der Waals surface area contributed by atoms with Crippen LogP contribution in [-0.4, -0.2) is 48.4 Å². The summed E-state index contributed by atoms with van der Waals surface area (Å²) in [5, 5.41) is 13.2. The average Bonchev–Trinajstić information content (AvgIpc) is 2.63. The number of para-hydroxylation sites is 1. The normalized spacial score (nSPS) is 20.0. The van der Waals surface area contributed by atoms with Crippen LogP contribution in [-0.2, 0) is 6.54 Å². The number of carbonyl (C=O) groups excluding carboxylic acids is 1. The Kier molecular flexibility index (Phi) is 7.37. The maximum atomic E-state index is 12.6.